The third-order valence-electron chi connectivity index (χ3n) is 1.41. The van der Waals surface area contributed by atoms with Crippen LogP contribution in [-0.4, -0.2) is 26.5 Å². The zero-order valence-corrected chi connectivity index (χ0v) is 7.46. The Morgan fingerprint density at radius 3 is 2.27 bits per heavy atom. The average Bonchev–Trinajstić information content (AvgIpc) is 2.05. The smallest absolute Gasteiger partial charge is 0.0663 e. The van der Waals surface area contributed by atoms with Gasteiger partial charge in [0.25, 0.3) is 0 Å². The fourth-order valence-corrected chi connectivity index (χ4v) is 1.61. The van der Waals surface area contributed by atoms with Crippen molar-refractivity contribution in [2.45, 2.75) is 0 Å². The number of hydrogen-bond acceptors (Lipinski definition) is 1. The van der Waals surface area contributed by atoms with Crippen LogP contribution in [0.3, 0.4) is 0 Å². The number of aliphatic hydroxyl groups is 1. The van der Waals surface area contributed by atoms with Gasteiger partial charge in [0.05, 0.1) is 6.35 Å². The van der Waals surface area contributed by atoms with Crippen molar-refractivity contribution in [3.8, 4) is 0 Å². The molecule has 0 bridgehead atoms. The molecule has 0 saturated carbocycles. The lowest BCUT2D eigenvalue weighted by atomic mass is 10.4. The van der Waals surface area contributed by atoms with Gasteiger partial charge >= 0.3 is 0 Å². The SMILES string of the molecule is C[P@@](CO)c1ccccc1.[B]. The van der Waals surface area contributed by atoms with Gasteiger partial charge in [-0.2, -0.15) is 0 Å². The molecule has 0 saturated heterocycles. The van der Waals surface area contributed by atoms with E-state index >= 15 is 0 Å². The van der Waals surface area contributed by atoms with Crippen LogP contribution in [0.5, 0.6) is 0 Å². The summed E-state index contributed by atoms with van der Waals surface area (Å²) in [7, 11) is -0.318. The number of hydrogen-bond donors (Lipinski definition) is 1. The van der Waals surface area contributed by atoms with E-state index in [1.54, 1.807) is 0 Å². The van der Waals surface area contributed by atoms with Crippen molar-refractivity contribution < 1.29 is 5.11 Å². The molecule has 1 atom stereocenters. The van der Waals surface area contributed by atoms with Gasteiger partial charge in [0.2, 0.25) is 0 Å². The second-order valence-electron chi connectivity index (χ2n) is 2.17. The Bertz CT molecular complexity index is 191. The van der Waals surface area contributed by atoms with Crippen LogP contribution in [0, 0.1) is 0 Å². The van der Waals surface area contributed by atoms with Gasteiger partial charge in [0, 0.05) is 8.41 Å². The molecule has 0 amide bonds. The summed E-state index contributed by atoms with van der Waals surface area (Å²) in [5.41, 5.74) is 0. The van der Waals surface area contributed by atoms with Gasteiger partial charge in [-0.1, -0.05) is 38.3 Å². The maximum Gasteiger partial charge on any atom is 0.0663 e. The lowest BCUT2D eigenvalue weighted by molar-refractivity contribution is 0.371. The summed E-state index contributed by atoms with van der Waals surface area (Å²) in [5, 5.41) is 10.1. The summed E-state index contributed by atoms with van der Waals surface area (Å²) in [6.45, 7) is 2.07. The van der Waals surface area contributed by atoms with E-state index in [1.807, 2.05) is 18.2 Å². The summed E-state index contributed by atoms with van der Waals surface area (Å²) in [6.07, 6.45) is 0.291. The monoisotopic (exact) mass is 165 g/mol. The highest BCUT2D eigenvalue weighted by Crippen LogP contribution is 2.26. The topological polar surface area (TPSA) is 20.2 Å². The molecular formula is C8H11BOP. The summed E-state index contributed by atoms with van der Waals surface area (Å²) in [4.78, 5) is 0. The van der Waals surface area contributed by atoms with Crippen molar-refractivity contribution in [3.63, 3.8) is 0 Å². The molecule has 1 aromatic carbocycles. The average molecular weight is 165 g/mol. The summed E-state index contributed by atoms with van der Waals surface area (Å²) < 4.78 is 0. The second kappa shape index (κ2) is 5.34. The molecule has 0 aliphatic heterocycles. The van der Waals surface area contributed by atoms with Gasteiger partial charge in [-0.05, 0) is 12.0 Å². The lowest BCUT2D eigenvalue weighted by Gasteiger charge is -2.06. The number of rotatable bonds is 2. The fraction of sp³-hybridized carbons (Fsp3) is 0.250. The van der Waals surface area contributed by atoms with Crippen molar-refractivity contribution in [1.82, 2.24) is 0 Å². The fourth-order valence-electron chi connectivity index (χ4n) is 0.764. The largest absolute Gasteiger partial charge is 0.392 e. The van der Waals surface area contributed by atoms with Crippen molar-refractivity contribution in [2.75, 3.05) is 13.0 Å². The Balaban J connectivity index is 0.000001000. The highest BCUT2D eigenvalue weighted by Gasteiger charge is 1.99. The molecule has 1 rings (SSSR count). The number of benzene rings is 1. The summed E-state index contributed by atoms with van der Waals surface area (Å²) in [5.74, 6) is 0. The maximum atomic E-state index is 8.82. The summed E-state index contributed by atoms with van der Waals surface area (Å²) >= 11 is 0. The van der Waals surface area contributed by atoms with E-state index in [-0.39, 0.29) is 16.3 Å². The molecule has 0 heterocycles. The minimum absolute atomic E-state index is 0. The molecule has 3 radical (unpaired) electrons. The second-order valence-corrected chi connectivity index (χ2v) is 4.37. The van der Waals surface area contributed by atoms with E-state index in [9.17, 15) is 0 Å². The van der Waals surface area contributed by atoms with Crippen LogP contribution in [-0.2, 0) is 0 Å². The van der Waals surface area contributed by atoms with Gasteiger partial charge in [-0.15, -0.1) is 0 Å². The van der Waals surface area contributed by atoms with Crippen LogP contribution < -0.4 is 5.30 Å². The van der Waals surface area contributed by atoms with Crippen molar-refractivity contribution >= 4 is 21.6 Å². The van der Waals surface area contributed by atoms with Crippen LogP contribution in [0.25, 0.3) is 0 Å². The molecule has 0 fully saturated rings. The molecule has 0 aromatic heterocycles. The molecule has 1 N–H and O–H groups in total. The van der Waals surface area contributed by atoms with E-state index in [0.29, 0.717) is 6.35 Å². The van der Waals surface area contributed by atoms with Gasteiger partial charge in [-0.25, -0.2) is 0 Å². The van der Waals surface area contributed by atoms with E-state index in [1.165, 1.54) is 5.30 Å². The van der Waals surface area contributed by atoms with Crippen LogP contribution in [0.15, 0.2) is 30.3 Å². The van der Waals surface area contributed by atoms with E-state index in [2.05, 4.69) is 18.8 Å². The molecule has 1 aromatic rings. The molecule has 1 nitrogen and oxygen atoms in total. The first-order valence-corrected chi connectivity index (χ1v) is 5.19. The maximum absolute atomic E-state index is 8.82. The molecule has 0 aliphatic rings. The Morgan fingerprint density at radius 2 is 1.82 bits per heavy atom. The quantitative estimate of drug-likeness (QED) is 0.511. The van der Waals surface area contributed by atoms with Crippen LogP contribution in [0.4, 0.5) is 0 Å². The Labute approximate surface area is 70.8 Å². The first kappa shape index (κ1) is 10.7. The predicted octanol–water partition coefficient (Wildman–Crippen LogP) is 0.993. The Kier molecular flexibility index (Phi) is 5.18. The van der Waals surface area contributed by atoms with Crippen molar-refractivity contribution in [3.05, 3.63) is 30.3 Å². The van der Waals surface area contributed by atoms with Gasteiger partial charge in [-0.3, -0.25) is 0 Å². The minimum Gasteiger partial charge on any atom is -0.392 e. The molecule has 57 valence electrons. The third-order valence-corrected chi connectivity index (χ3v) is 3.01. The number of aliphatic hydroxyl groups excluding tert-OH is 1. The minimum atomic E-state index is -0.318. The lowest BCUT2D eigenvalue weighted by Crippen LogP contribution is -2.00. The highest BCUT2D eigenvalue weighted by atomic mass is 31.1. The van der Waals surface area contributed by atoms with Crippen LogP contribution in [0.2, 0.25) is 0 Å². The van der Waals surface area contributed by atoms with Gasteiger partial charge in [0.1, 0.15) is 0 Å². The van der Waals surface area contributed by atoms with E-state index in [0.717, 1.165) is 0 Å². The van der Waals surface area contributed by atoms with E-state index in [4.69, 9.17) is 5.11 Å². The molecule has 0 spiro atoms. The zero-order valence-electron chi connectivity index (χ0n) is 6.57. The predicted molar refractivity (Wildman–Crippen MR) is 51.8 cm³/mol. The Hall–Kier alpha value is -0.325. The Morgan fingerprint density at radius 1 is 1.27 bits per heavy atom. The normalized spacial score (nSPS) is 11.8. The third kappa shape index (κ3) is 3.05. The molecule has 3 heteroatoms. The molecule has 0 aliphatic carbocycles. The van der Waals surface area contributed by atoms with Crippen LogP contribution in [0.1, 0.15) is 0 Å². The standard InChI is InChI=1S/C8H11OP.B/c1-10(7-9)8-5-3-2-4-6-8;/h2-6,9H,7H2,1H3;/t10-;/m0./s1. The zero-order chi connectivity index (χ0) is 7.40. The molecular weight excluding hydrogens is 154 g/mol. The first-order chi connectivity index (χ1) is 4.84. The van der Waals surface area contributed by atoms with Gasteiger partial charge in [0.15, 0.2) is 0 Å². The summed E-state index contributed by atoms with van der Waals surface area (Å²) in [6, 6.07) is 10.1. The van der Waals surface area contributed by atoms with E-state index < -0.39 is 0 Å². The molecule has 0 unspecified atom stereocenters. The highest BCUT2D eigenvalue weighted by molar-refractivity contribution is 7.64. The first-order valence-electron chi connectivity index (χ1n) is 3.21. The van der Waals surface area contributed by atoms with Crippen molar-refractivity contribution in [2.24, 2.45) is 0 Å². The molecule has 11 heavy (non-hydrogen) atoms. The van der Waals surface area contributed by atoms with Crippen LogP contribution >= 0.6 is 7.92 Å². The van der Waals surface area contributed by atoms with Gasteiger partial charge < -0.3 is 5.11 Å². The van der Waals surface area contributed by atoms with Crippen molar-refractivity contribution in [1.29, 1.82) is 0 Å².